The highest BCUT2D eigenvalue weighted by Gasteiger charge is 2.34. The highest BCUT2D eigenvalue weighted by Crippen LogP contribution is 2.33. The molecule has 0 spiro atoms. The standard InChI is InChI=1S/C18H22N4O4S/c1-22(2)13-8-7-10(9-19-13)14(23)11-5-4-6-12-16(15(11)24)27-17(20-12)21-18(25)26-3/h7-9,11,18,25H,4-6H2,1-3H3,(H,20,21). The first-order valence-electron chi connectivity index (χ1n) is 8.59. The predicted molar refractivity (Wildman–Crippen MR) is 102 cm³/mol. The number of carbonyl (C=O) groups is 2. The zero-order valence-electron chi connectivity index (χ0n) is 15.4. The van der Waals surface area contributed by atoms with Crippen molar-refractivity contribution in [3.8, 4) is 0 Å². The summed E-state index contributed by atoms with van der Waals surface area (Å²) in [5.74, 6) is -0.429. The molecule has 1 aliphatic carbocycles. The minimum Gasteiger partial charge on any atom is -0.363 e. The van der Waals surface area contributed by atoms with Crippen molar-refractivity contribution in [2.75, 3.05) is 31.4 Å². The van der Waals surface area contributed by atoms with Gasteiger partial charge in [0.15, 0.2) is 16.7 Å². The molecule has 2 atom stereocenters. The van der Waals surface area contributed by atoms with Gasteiger partial charge in [0.1, 0.15) is 5.82 Å². The van der Waals surface area contributed by atoms with Gasteiger partial charge in [-0.2, -0.15) is 0 Å². The van der Waals surface area contributed by atoms with Crippen LogP contribution in [0.2, 0.25) is 0 Å². The second-order valence-corrected chi connectivity index (χ2v) is 7.50. The molecule has 27 heavy (non-hydrogen) atoms. The lowest BCUT2D eigenvalue weighted by molar-refractivity contribution is -0.0510. The minimum absolute atomic E-state index is 0.217. The summed E-state index contributed by atoms with van der Waals surface area (Å²) >= 11 is 1.14. The smallest absolute Gasteiger partial charge is 0.236 e. The average molecular weight is 390 g/mol. The molecule has 0 saturated heterocycles. The molecule has 2 heterocycles. The Morgan fingerprint density at radius 1 is 1.44 bits per heavy atom. The van der Waals surface area contributed by atoms with Crippen LogP contribution in [0.25, 0.3) is 0 Å². The lowest BCUT2D eigenvalue weighted by atomic mass is 9.91. The fourth-order valence-electron chi connectivity index (χ4n) is 2.95. The van der Waals surface area contributed by atoms with Crippen LogP contribution in [0.4, 0.5) is 10.9 Å². The quantitative estimate of drug-likeness (QED) is 0.334. The molecule has 2 N–H and O–H groups in total. The molecular weight excluding hydrogens is 368 g/mol. The molecule has 0 aliphatic heterocycles. The van der Waals surface area contributed by atoms with Crippen LogP contribution in [0.3, 0.4) is 0 Å². The number of thiazole rings is 1. The van der Waals surface area contributed by atoms with E-state index in [1.54, 1.807) is 12.1 Å². The highest BCUT2D eigenvalue weighted by atomic mass is 32.1. The molecule has 0 radical (unpaired) electrons. The number of ether oxygens (including phenoxy) is 1. The Morgan fingerprint density at radius 3 is 2.85 bits per heavy atom. The molecule has 2 aromatic rings. The third-order valence-corrected chi connectivity index (χ3v) is 5.46. The summed E-state index contributed by atoms with van der Waals surface area (Å²) in [5, 5.41) is 12.6. The number of methoxy groups -OCH3 is 1. The van der Waals surface area contributed by atoms with E-state index in [9.17, 15) is 14.7 Å². The average Bonchev–Trinajstić information content (AvgIpc) is 3.00. The Kier molecular flexibility index (Phi) is 5.83. The molecule has 2 aromatic heterocycles. The second kappa shape index (κ2) is 8.12. The summed E-state index contributed by atoms with van der Waals surface area (Å²) in [5.41, 5.74) is 1.09. The summed E-state index contributed by atoms with van der Waals surface area (Å²) in [4.78, 5) is 36.9. The number of hydrogen-bond donors (Lipinski definition) is 2. The molecular formula is C18H22N4O4S. The number of hydrogen-bond acceptors (Lipinski definition) is 9. The van der Waals surface area contributed by atoms with Gasteiger partial charge in [-0.15, -0.1) is 0 Å². The summed E-state index contributed by atoms with van der Waals surface area (Å²) in [7, 11) is 5.10. The summed E-state index contributed by atoms with van der Waals surface area (Å²) in [6, 6.07) is 3.47. The van der Waals surface area contributed by atoms with E-state index in [2.05, 4.69) is 15.3 Å². The van der Waals surface area contributed by atoms with E-state index in [0.717, 1.165) is 17.2 Å². The van der Waals surface area contributed by atoms with E-state index < -0.39 is 12.3 Å². The first kappa shape index (κ1) is 19.4. The number of carbonyl (C=O) groups excluding carboxylic acids is 2. The number of aliphatic hydroxyl groups is 1. The zero-order chi connectivity index (χ0) is 19.6. The van der Waals surface area contributed by atoms with Gasteiger partial charge in [0.05, 0.1) is 16.5 Å². The maximum absolute atomic E-state index is 13.0. The Hall–Kier alpha value is -2.36. The van der Waals surface area contributed by atoms with Crippen molar-refractivity contribution in [1.29, 1.82) is 0 Å². The van der Waals surface area contributed by atoms with Crippen LogP contribution in [0.15, 0.2) is 18.3 Å². The van der Waals surface area contributed by atoms with Crippen LogP contribution in [-0.4, -0.2) is 54.3 Å². The van der Waals surface area contributed by atoms with E-state index in [0.29, 0.717) is 40.5 Å². The predicted octanol–water partition coefficient (Wildman–Crippen LogP) is 1.96. The zero-order valence-corrected chi connectivity index (χ0v) is 16.2. The third-order valence-electron chi connectivity index (χ3n) is 4.42. The number of aryl methyl sites for hydroxylation is 1. The molecule has 8 nitrogen and oxygen atoms in total. The van der Waals surface area contributed by atoms with E-state index in [-0.39, 0.29) is 11.6 Å². The Bertz CT molecular complexity index is 834. The number of nitrogens with one attached hydrogen (secondary N) is 1. The highest BCUT2D eigenvalue weighted by molar-refractivity contribution is 7.17. The number of ketones is 2. The monoisotopic (exact) mass is 390 g/mol. The topological polar surface area (TPSA) is 105 Å². The van der Waals surface area contributed by atoms with Crippen molar-refractivity contribution in [3.63, 3.8) is 0 Å². The maximum atomic E-state index is 13.0. The number of Topliss-reactive ketones (excluding diaryl/α,β-unsaturated/α-hetero) is 2. The molecule has 0 saturated carbocycles. The molecule has 0 bridgehead atoms. The van der Waals surface area contributed by atoms with Crippen LogP contribution in [-0.2, 0) is 11.2 Å². The molecule has 0 fully saturated rings. The number of fused-ring (bicyclic) bond motifs is 1. The summed E-state index contributed by atoms with van der Waals surface area (Å²) < 4.78 is 4.74. The molecule has 3 rings (SSSR count). The summed E-state index contributed by atoms with van der Waals surface area (Å²) in [6.45, 7) is 0. The number of pyridine rings is 1. The Balaban J connectivity index is 1.83. The Morgan fingerprint density at radius 2 is 2.22 bits per heavy atom. The van der Waals surface area contributed by atoms with E-state index in [4.69, 9.17) is 4.74 Å². The van der Waals surface area contributed by atoms with Gasteiger partial charge in [0.2, 0.25) is 6.41 Å². The van der Waals surface area contributed by atoms with E-state index in [1.807, 2.05) is 19.0 Å². The van der Waals surface area contributed by atoms with Gasteiger partial charge in [-0.1, -0.05) is 11.3 Å². The normalized spacial score (nSPS) is 17.8. The SMILES string of the molecule is COC(O)Nc1nc2c(s1)C(=O)C(C(=O)c1ccc(N(C)C)nc1)CCC2. The lowest BCUT2D eigenvalue weighted by Gasteiger charge is -2.14. The fraction of sp³-hybridized carbons (Fsp3) is 0.444. The maximum Gasteiger partial charge on any atom is 0.236 e. The van der Waals surface area contributed by atoms with Crippen molar-refractivity contribution >= 4 is 33.9 Å². The van der Waals surface area contributed by atoms with Crippen molar-refractivity contribution in [2.45, 2.75) is 25.7 Å². The van der Waals surface area contributed by atoms with Crippen molar-refractivity contribution in [3.05, 3.63) is 34.5 Å². The molecule has 2 unspecified atom stereocenters. The first-order valence-corrected chi connectivity index (χ1v) is 9.41. The second-order valence-electron chi connectivity index (χ2n) is 6.50. The van der Waals surface area contributed by atoms with Crippen LogP contribution >= 0.6 is 11.3 Å². The largest absolute Gasteiger partial charge is 0.363 e. The van der Waals surface area contributed by atoms with Crippen molar-refractivity contribution in [1.82, 2.24) is 9.97 Å². The number of aromatic nitrogens is 2. The van der Waals surface area contributed by atoms with Gasteiger partial charge in [-0.25, -0.2) is 9.97 Å². The van der Waals surface area contributed by atoms with Crippen LogP contribution in [0, 0.1) is 5.92 Å². The first-order chi connectivity index (χ1) is 12.9. The van der Waals surface area contributed by atoms with Gasteiger partial charge in [-0.3, -0.25) is 9.59 Å². The molecule has 0 amide bonds. The van der Waals surface area contributed by atoms with E-state index >= 15 is 0 Å². The number of rotatable bonds is 6. The Labute approximate surface area is 161 Å². The van der Waals surface area contributed by atoms with Crippen LogP contribution < -0.4 is 10.2 Å². The minimum atomic E-state index is -1.20. The summed E-state index contributed by atoms with van der Waals surface area (Å²) in [6.07, 6.45) is 2.11. The van der Waals surface area contributed by atoms with Crippen LogP contribution in [0.5, 0.6) is 0 Å². The van der Waals surface area contributed by atoms with Gasteiger partial charge in [0, 0.05) is 33.0 Å². The molecule has 9 heteroatoms. The molecule has 144 valence electrons. The fourth-order valence-corrected chi connectivity index (χ4v) is 3.97. The number of aliphatic hydroxyl groups excluding tert-OH is 1. The van der Waals surface area contributed by atoms with Gasteiger partial charge in [0.25, 0.3) is 0 Å². The lowest BCUT2D eigenvalue weighted by Crippen LogP contribution is -2.23. The van der Waals surface area contributed by atoms with E-state index in [1.165, 1.54) is 13.3 Å². The number of nitrogens with zero attached hydrogens (tertiary/aromatic N) is 3. The van der Waals surface area contributed by atoms with Gasteiger partial charge in [-0.05, 0) is 31.4 Å². The van der Waals surface area contributed by atoms with Gasteiger partial charge < -0.3 is 20.1 Å². The third kappa shape index (κ3) is 4.15. The van der Waals surface area contributed by atoms with Crippen molar-refractivity contribution < 1.29 is 19.4 Å². The van der Waals surface area contributed by atoms with Crippen molar-refractivity contribution in [2.24, 2.45) is 5.92 Å². The van der Waals surface area contributed by atoms with Crippen LogP contribution in [0.1, 0.15) is 38.6 Å². The van der Waals surface area contributed by atoms with Gasteiger partial charge >= 0.3 is 0 Å². The molecule has 1 aliphatic rings. The number of anilines is 2. The molecule has 0 aromatic carbocycles.